The summed E-state index contributed by atoms with van der Waals surface area (Å²) in [6.45, 7) is 0.0271. The van der Waals surface area contributed by atoms with E-state index in [1.54, 1.807) is 24.3 Å². The molecule has 1 aromatic carbocycles. The summed E-state index contributed by atoms with van der Waals surface area (Å²) in [6, 6.07) is 5.43. The van der Waals surface area contributed by atoms with Crippen LogP contribution in [0.3, 0.4) is 0 Å². The Kier molecular flexibility index (Phi) is 4.06. The second kappa shape index (κ2) is 5.58. The average Bonchev–Trinajstić information content (AvgIpc) is 2.74. The van der Waals surface area contributed by atoms with E-state index >= 15 is 0 Å². The summed E-state index contributed by atoms with van der Waals surface area (Å²) in [7, 11) is 0. The molecule has 102 valence electrons. The van der Waals surface area contributed by atoms with E-state index in [9.17, 15) is 14.7 Å². The van der Waals surface area contributed by atoms with Crippen LogP contribution in [0, 0.1) is 0 Å². The van der Waals surface area contributed by atoms with Crippen LogP contribution < -0.4 is 5.32 Å². The zero-order valence-corrected chi connectivity index (χ0v) is 11.5. The third-order valence-electron chi connectivity index (χ3n) is 2.92. The number of carbonyl (C=O) groups excluding carboxylic acids is 1. The first-order valence-electron chi connectivity index (χ1n) is 5.71. The highest BCUT2D eigenvalue weighted by atomic mass is 79.9. The van der Waals surface area contributed by atoms with Crippen molar-refractivity contribution in [2.24, 2.45) is 0 Å². The van der Waals surface area contributed by atoms with Crippen LogP contribution in [0.4, 0.5) is 10.5 Å². The second-order valence-corrected chi connectivity index (χ2v) is 5.25. The molecular formula is C12H13BrN2O4. The maximum atomic E-state index is 12.0. The molecule has 7 heteroatoms. The van der Waals surface area contributed by atoms with Crippen LogP contribution in [-0.2, 0) is 4.79 Å². The third kappa shape index (κ3) is 3.24. The first kappa shape index (κ1) is 13.8. The minimum Gasteiger partial charge on any atom is -0.480 e. The number of aliphatic hydroxyl groups is 1. The molecule has 1 fully saturated rings. The largest absolute Gasteiger partial charge is 0.480 e. The number of urea groups is 1. The summed E-state index contributed by atoms with van der Waals surface area (Å²) in [5.74, 6) is -1.11. The molecule has 0 bridgehead atoms. The molecule has 1 saturated heterocycles. The molecule has 6 nitrogen and oxygen atoms in total. The first-order valence-corrected chi connectivity index (χ1v) is 6.50. The number of amides is 2. The predicted molar refractivity (Wildman–Crippen MR) is 71.9 cm³/mol. The van der Waals surface area contributed by atoms with E-state index in [0.29, 0.717) is 5.69 Å². The number of aliphatic hydroxyl groups excluding tert-OH is 1. The average molecular weight is 329 g/mol. The Balaban J connectivity index is 2.06. The number of benzene rings is 1. The smallest absolute Gasteiger partial charge is 0.326 e. The van der Waals surface area contributed by atoms with Crippen LogP contribution in [0.25, 0.3) is 0 Å². The van der Waals surface area contributed by atoms with Gasteiger partial charge in [-0.2, -0.15) is 0 Å². The summed E-state index contributed by atoms with van der Waals surface area (Å²) in [5.41, 5.74) is 0.568. The number of nitrogens with one attached hydrogen (secondary N) is 1. The van der Waals surface area contributed by atoms with Crippen molar-refractivity contribution in [3.8, 4) is 0 Å². The van der Waals surface area contributed by atoms with Gasteiger partial charge in [0.25, 0.3) is 0 Å². The van der Waals surface area contributed by atoms with Crippen molar-refractivity contribution < 1.29 is 19.8 Å². The fourth-order valence-corrected chi connectivity index (χ4v) is 2.27. The molecule has 1 aliphatic heterocycles. The highest BCUT2D eigenvalue weighted by molar-refractivity contribution is 9.10. The molecule has 0 aromatic heterocycles. The van der Waals surface area contributed by atoms with E-state index in [0.717, 1.165) is 9.37 Å². The number of carboxylic acids is 1. The summed E-state index contributed by atoms with van der Waals surface area (Å²) in [5, 5.41) is 21.1. The highest BCUT2D eigenvalue weighted by Crippen LogP contribution is 2.20. The molecule has 0 radical (unpaired) electrons. The number of halogens is 1. The molecule has 1 aromatic rings. The summed E-state index contributed by atoms with van der Waals surface area (Å²) in [4.78, 5) is 24.1. The SMILES string of the molecule is O=C(O)[C@@H]1C[C@H](O)CN1C(=O)Nc1ccc(Br)cc1. The number of hydrogen-bond acceptors (Lipinski definition) is 3. The Labute approximate surface area is 118 Å². The number of carbonyl (C=O) groups is 2. The molecule has 0 spiro atoms. The van der Waals surface area contributed by atoms with Gasteiger partial charge in [-0.25, -0.2) is 9.59 Å². The number of hydrogen-bond donors (Lipinski definition) is 3. The van der Waals surface area contributed by atoms with Crippen molar-refractivity contribution in [1.29, 1.82) is 0 Å². The van der Waals surface area contributed by atoms with Crippen molar-refractivity contribution in [3.05, 3.63) is 28.7 Å². The van der Waals surface area contributed by atoms with E-state index in [4.69, 9.17) is 5.11 Å². The van der Waals surface area contributed by atoms with E-state index in [1.807, 2.05) is 0 Å². The number of anilines is 1. The molecular weight excluding hydrogens is 316 g/mol. The number of rotatable bonds is 2. The van der Waals surface area contributed by atoms with Gasteiger partial charge in [0.15, 0.2) is 0 Å². The molecule has 2 amide bonds. The Morgan fingerprint density at radius 1 is 1.32 bits per heavy atom. The van der Waals surface area contributed by atoms with Crippen LogP contribution in [-0.4, -0.2) is 45.8 Å². The Morgan fingerprint density at radius 3 is 2.53 bits per heavy atom. The zero-order chi connectivity index (χ0) is 14.0. The van der Waals surface area contributed by atoms with Gasteiger partial charge < -0.3 is 20.4 Å². The van der Waals surface area contributed by atoms with Crippen LogP contribution >= 0.6 is 15.9 Å². The van der Waals surface area contributed by atoms with Gasteiger partial charge in [0, 0.05) is 23.1 Å². The fourth-order valence-electron chi connectivity index (χ4n) is 2.00. The highest BCUT2D eigenvalue weighted by Gasteiger charge is 2.38. The number of aliphatic carboxylic acids is 1. The maximum Gasteiger partial charge on any atom is 0.326 e. The summed E-state index contributed by atoms with van der Waals surface area (Å²) < 4.78 is 0.880. The Bertz CT molecular complexity index is 491. The van der Waals surface area contributed by atoms with Gasteiger partial charge in [0.05, 0.1) is 6.10 Å². The molecule has 0 aliphatic carbocycles. The van der Waals surface area contributed by atoms with Crippen LogP contribution in [0.1, 0.15) is 6.42 Å². The molecule has 1 heterocycles. The zero-order valence-electron chi connectivity index (χ0n) is 9.91. The van der Waals surface area contributed by atoms with Crippen LogP contribution in [0.5, 0.6) is 0 Å². The minimum atomic E-state index is -1.11. The molecule has 19 heavy (non-hydrogen) atoms. The van der Waals surface area contributed by atoms with Gasteiger partial charge in [-0.1, -0.05) is 15.9 Å². The third-order valence-corrected chi connectivity index (χ3v) is 3.45. The van der Waals surface area contributed by atoms with E-state index in [2.05, 4.69) is 21.2 Å². The molecule has 2 atom stereocenters. The maximum absolute atomic E-state index is 12.0. The topological polar surface area (TPSA) is 89.9 Å². The van der Waals surface area contributed by atoms with Crippen LogP contribution in [0.2, 0.25) is 0 Å². The second-order valence-electron chi connectivity index (χ2n) is 4.33. The monoisotopic (exact) mass is 328 g/mol. The van der Waals surface area contributed by atoms with E-state index in [1.165, 1.54) is 0 Å². The number of carboxylic acid groups (broad SMARTS) is 1. The fraction of sp³-hybridized carbons (Fsp3) is 0.333. The summed E-state index contributed by atoms with van der Waals surface area (Å²) in [6.07, 6.45) is -0.736. The Hall–Kier alpha value is -1.60. The lowest BCUT2D eigenvalue weighted by atomic mass is 10.2. The van der Waals surface area contributed by atoms with Gasteiger partial charge >= 0.3 is 12.0 Å². The number of β-amino-alcohol motifs (C(OH)–C–C–N with tert-alkyl or cyclic N) is 1. The molecule has 3 N–H and O–H groups in total. The quantitative estimate of drug-likeness (QED) is 0.767. The molecule has 1 aliphatic rings. The lowest BCUT2D eigenvalue weighted by Gasteiger charge is -2.21. The normalized spacial score (nSPS) is 22.3. The van der Waals surface area contributed by atoms with Crippen molar-refractivity contribution in [2.45, 2.75) is 18.6 Å². The number of likely N-dealkylation sites (tertiary alicyclic amines) is 1. The lowest BCUT2D eigenvalue weighted by Crippen LogP contribution is -2.43. The van der Waals surface area contributed by atoms with E-state index in [-0.39, 0.29) is 13.0 Å². The van der Waals surface area contributed by atoms with Gasteiger partial charge in [-0.3, -0.25) is 0 Å². The molecule has 0 unspecified atom stereocenters. The Morgan fingerprint density at radius 2 is 1.95 bits per heavy atom. The van der Waals surface area contributed by atoms with Crippen LogP contribution in [0.15, 0.2) is 28.7 Å². The van der Waals surface area contributed by atoms with Gasteiger partial charge in [0.2, 0.25) is 0 Å². The predicted octanol–water partition coefficient (Wildman–Crippen LogP) is 1.50. The first-order chi connectivity index (χ1) is 8.97. The van der Waals surface area contributed by atoms with Crippen molar-refractivity contribution in [1.82, 2.24) is 4.90 Å². The summed E-state index contributed by atoms with van der Waals surface area (Å²) >= 11 is 3.28. The standard InChI is InChI=1S/C12H13BrN2O4/c13-7-1-3-8(4-2-7)14-12(19)15-6-9(16)5-10(15)11(17)18/h1-4,9-10,16H,5-6H2,(H,14,19)(H,17,18)/t9-,10-/m0/s1. The van der Waals surface area contributed by atoms with Gasteiger partial charge in [0.1, 0.15) is 6.04 Å². The van der Waals surface area contributed by atoms with Gasteiger partial charge in [-0.05, 0) is 24.3 Å². The van der Waals surface area contributed by atoms with Gasteiger partial charge in [-0.15, -0.1) is 0 Å². The minimum absolute atomic E-state index is 0.0271. The van der Waals surface area contributed by atoms with Crippen molar-refractivity contribution >= 4 is 33.6 Å². The molecule has 0 saturated carbocycles. The molecule has 2 rings (SSSR count). The van der Waals surface area contributed by atoms with E-state index < -0.39 is 24.1 Å². The number of nitrogens with zero attached hydrogens (tertiary/aromatic N) is 1. The van der Waals surface area contributed by atoms with Crippen molar-refractivity contribution in [2.75, 3.05) is 11.9 Å². The van der Waals surface area contributed by atoms with Crippen molar-refractivity contribution in [3.63, 3.8) is 0 Å². The lowest BCUT2D eigenvalue weighted by molar-refractivity contribution is -0.141.